The molecule has 0 aromatic heterocycles. The lowest BCUT2D eigenvalue weighted by Crippen LogP contribution is -2.48. The van der Waals surface area contributed by atoms with Crippen molar-refractivity contribution < 1.29 is 28.9 Å². The number of nitrogens with zero attached hydrogens (tertiary/aromatic N) is 1. The van der Waals surface area contributed by atoms with Gasteiger partial charge in [-0.2, -0.15) is 0 Å². The number of methoxy groups -OCH3 is 2. The Hall–Kier alpha value is -2.74. The molecule has 1 atom stereocenters. The first-order valence-corrected chi connectivity index (χ1v) is 8.26. The van der Waals surface area contributed by atoms with Crippen LogP contribution >= 0.6 is 0 Å². The molecular formula is C18H24N2O6. The van der Waals surface area contributed by atoms with Gasteiger partial charge in [-0.1, -0.05) is 6.07 Å². The quantitative estimate of drug-likeness (QED) is 0.718. The zero-order valence-electron chi connectivity index (χ0n) is 15.4. The molecular weight excluding hydrogens is 340 g/mol. The first kappa shape index (κ1) is 19.6. The molecule has 26 heavy (non-hydrogen) atoms. The Bertz CT molecular complexity index is 716. The van der Waals surface area contributed by atoms with Crippen LogP contribution in [-0.2, 0) is 14.3 Å². The predicted octanol–water partition coefficient (Wildman–Crippen LogP) is 1.95. The van der Waals surface area contributed by atoms with E-state index in [1.54, 1.807) is 26.0 Å². The Balaban J connectivity index is 2.49. The summed E-state index contributed by atoms with van der Waals surface area (Å²) in [5.74, 6) is -0.274. The van der Waals surface area contributed by atoms with Crippen molar-refractivity contribution in [3.05, 3.63) is 35.0 Å². The summed E-state index contributed by atoms with van der Waals surface area (Å²) in [6.45, 7) is 4.50. The van der Waals surface area contributed by atoms with Crippen LogP contribution in [0.3, 0.4) is 0 Å². The molecule has 8 nitrogen and oxygen atoms in total. The van der Waals surface area contributed by atoms with E-state index in [-0.39, 0.29) is 17.5 Å². The first-order valence-electron chi connectivity index (χ1n) is 8.26. The highest BCUT2D eigenvalue weighted by Gasteiger charge is 2.36. The van der Waals surface area contributed by atoms with E-state index in [2.05, 4.69) is 5.32 Å². The topological polar surface area (TPSA) is 97.3 Å². The molecule has 1 aromatic carbocycles. The Labute approximate surface area is 152 Å². The second-order valence-electron chi connectivity index (χ2n) is 5.68. The van der Waals surface area contributed by atoms with Crippen molar-refractivity contribution in [2.75, 3.05) is 34.0 Å². The number of carbonyl (C=O) groups is 2. The number of hydrogen-bond acceptors (Lipinski definition) is 6. The number of esters is 1. The summed E-state index contributed by atoms with van der Waals surface area (Å²) in [6, 6.07) is 3.64. The number of benzene rings is 1. The minimum absolute atomic E-state index is 0.0141. The maximum absolute atomic E-state index is 12.5. The molecule has 0 radical (unpaired) electrons. The molecule has 0 aliphatic carbocycles. The zero-order chi connectivity index (χ0) is 19.3. The minimum Gasteiger partial charge on any atom is -0.504 e. The van der Waals surface area contributed by atoms with Crippen LogP contribution in [0.1, 0.15) is 25.5 Å². The monoisotopic (exact) mass is 364 g/mol. The van der Waals surface area contributed by atoms with Gasteiger partial charge >= 0.3 is 12.0 Å². The molecule has 1 heterocycles. The Morgan fingerprint density at radius 2 is 2.08 bits per heavy atom. The lowest BCUT2D eigenvalue weighted by Gasteiger charge is -2.35. The number of allylic oxidation sites excluding steroid dienone is 1. The van der Waals surface area contributed by atoms with Gasteiger partial charge in [-0.25, -0.2) is 9.59 Å². The number of urea groups is 1. The van der Waals surface area contributed by atoms with Gasteiger partial charge in [0.15, 0.2) is 11.5 Å². The van der Waals surface area contributed by atoms with Gasteiger partial charge in [-0.15, -0.1) is 0 Å². The third kappa shape index (κ3) is 3.91. The second-order valence-corrected chi connectivity index (χ2v) is 5.68. The average Bonchev–Trinajstić information content (AvgIpc) is 2.62. The number of ether oxygens (including phenoxy) is 3. The predicted molar refractivity (Wildman–Crippen MR) is 93.8 cm³/mol. The van der Waals surface area contributed by atoms with E-state index < -0.39 is 12.0 Å². The molecule has 8 heteroatoms. The molecule has 2 rings (SSSR count). The van der Waals surface area contributed by atoms with E-state index >= 15 is 0 Å². The maximum Gasteiger partial charge on any atom is 0.337 e. The van der Waals surface area contributed by atoms with Crippen LogP contribution in [0.5, 0.6) is 11.5 Å². The third-order valence-electron chi connectivity index (χ3n) is 4.14. The first-order chi connectivity index (χ1) is 12.4. The highest BCUT2D eigenvalue weighted by atomic mass is 16.5. The van der Waals surface area contributed by atoms with Crippen molar-refractivity contribution in [3.8, 4) is 11.5 Å². The standard InChI is InChI=1S/C18H24N2O6/c1-5-26-14-10-12(6-7-13(14)21)16-15(17(22)25-4)11(2)20(8-9-24-3)18(23)19-16/h6-7,10,16,21H,5,8-9H2,1-4H3,(H,19,23). The summed E-state index contributed by atoms with van der Waals surface area (Å²) in [7, 11) is 2.83. The third-order valence-corrected chi connectivity index (χ3v) is 4.14. The van der Waals surface area contributed by atoms with Crippen molar-refractivity contribution in [1.29, 1.82) is 0 Å². The Kier molecular flexibility index (Phi) is 6.46. The number of carbonyl (C=O) groups excluding carboxylic acids is 2. The SMILES string of the molecule is CCOc1cc(C2NC(=O)N(CCOC)C(C)=C2C(=O)OC)ccc1O. The van der Waals surface area contributed by atoms with Gasteiger partial charge in [0.25, 0.3) is 0 Å². The number of amides is 2. The lowest BCUT2D eigenvalue weighted by atomic mass is 9.94. The van der Waals surface area contributed by atoms with Crippen molar-refractivity contribution in [2.24, 2.45) is 0 Å². The number of phenols is 1. The Morgan fingerprint density at radius 1 is 1.35 bits per heavy atom. The van der Waals surface area contributed by atoms with E-state index in [0.29, 0.717) is 36.6 Å². The zero-order valence-corrected chi connectivity index (χ0v) is 15.4. The van der Waals surface area contributed by atoms with Gasteiger partial charge in [0.1, 0.15) is 0 Å². The van der Waals surface area contributed by atoms with Crippen molar-refractivity contribution in [3.63, 3.8) is 0 Å². The molecule has 2 N–H and O–H groups in total. The number of hydrogen-bond donors (Lipinski definition) is 2. The van der Waals surface area contributed by atoms with E-state index in [1.807, 2.05) is 0 Å². The van der Waals surface area contributed by atoms with Crippen LogP contribution < -0.4 is 10.1 Å². The van der Waals surface area contributed by atoms with E-state index in [4.69, 9.17) is 14.2 Å². The molecule has 0 spiro atoms. The van der Waals surface area contributed by atoms with Crippen LogP contribution in [0.25, 0.3) is 0 Å². The fourth-order valence-electron chi connectivity index (χ4n) is 2.84. The largest absolute Gasteiger partial charge is 0.504 e. The molecule has 0 bridgehead atoms. The van der Waals surface area contributed by atoms with Crippen molar-refractivity contribution in [1.82, 2.24) is 10.2 Å². The fraction of sp³-hybridized carbons (Fsp3) is 0.444. The number of aromatic hydroxyl groups is 1. The van der Waals surface area contributed by atoms with Gasteiger partial charge in [0.05, 0.1) is 38.5 Å². The summed E-state index contributed by atoms with van der Waals surface area (Å²) in [5, 5.41) is 12.7. The molecule has 1 unspecified atom stereocenters. The van der Waals surface area contributed by atoms with Gasteiger partial charge in [-0.05, 0) is 31.5 Å². The van der Waals surface area contributed by atoms with Gasteiger partial charge in [0, 0.05) is 12.8 Å². The smallest absolute Gasteiger partial charge is 0.337 e. The van der Waals surface area contributed by atoms with Gasteiger partial charge < -0.3 is 24.6 Å². The summed E-state index contributed by atoms with van der Waals surface area (Å²) in [4.78, 5) is 26.4. The average molecular weight is 364 g/mol. The second kappa shape index (κ2) is 8.57. The summed E-state index contributed by atoms with van der Waals surface area (Å²) in [5.41, 5.74) is 1.41. The van der Waals surface area contributed by atoms with Gasteiger partial charge in [0.2, 0.25) is 0 Å². The minimum atomic E-state index is -0.714. The van der Waals surface area contributed by atoms with Crippen LogP contribution in [0.2, 0.25) is 0 Å². The fourth-order valence-corrected chi connectivity index (χ4v) is 2.84. The van der Waals surface area contributed by atoms with Crippen molar-refractivity contribution >= 4 is 12.0 Å². The van der Waals surface area contributed by atoms with E-state index in [0.717, 1.165) is 0 Å². The lowest BCUT2D eigenvalue weighted by molar-refractivity contribution is -0.136. The Morgan fingerprint density at radius 3 is 2.69 bits per heavy atom. The summed E-state index contributed by atoms with van der Waals surface area (Å²) < 4.78 is 15.3. The molecule has 0 fully saturated rings. The van der Waals surface area contributed by atoms with E-state index in [9.17, 15) is 14.7 Å². The molecule has 1 aliphatic rings. The van der Waals surface area contributed by atoms with Crippen LogP contribution in [-0.4, -0.2) is 56.0 Å². The number of nitrogens with one attached hydrogen (secondary N) is 1. The maximum atomic E-state index is 12.5. The summed E-state index contributed by atoms with van der Waals surface area (Å²) in [6.07, 6.45) is 0. The van der Waals surface area contributed by atoms with Crippen LogP contribution in [0, 0.1) is 0 Å². The molecule has 0 saturated carbocycles. The number of phenolic OH excluding ortho intramolecular Hbond substituents is 1. The normalized spacial score (nSPS) is 17.2. The van der Waals surface area contributed by atoms with E-state index in [1.165, 1.54) is 25.2 Å². The van der Waals surface area contributed by atoms with Crippen LogP contribution in [0.4, 0.5) is 4.79 Å². The molecule has 142 valence electrons. The highest BCUT2D eigenvalue weighted by molar-refractivity contribution is 5.95. The molecule has 1 aliphatic heterocycles. The number of rotatable bonds is 7. The summed E-state index contributed by atoms with van der Waals surface area (Å²) >= 11 is 0. The van der Waals surface area contributed by atoms with Crippen LogP contribution in [0.15, 0.2) is 29.5 Å². The molecule has 1 aromatic rings. The van der Waals surface area contributed by atoms with Gasteiger partial charge in [-0.3, -0.25) is 4.90 Å². The van der Waals surface area contributed by atoms with Crippen molar-refractivity contribution in [2.45, 2.75) is 19.9 Å². The molecule has 0 saturated heterocycles. The molecule has 2 amide bonds. The highest BCUT2D eigenvalue weighted by Crippen LogP contribution is 2.35.